The van der Waals surface area contributed by atoms with E-state index in [1.54, 1.807) is 0 Å². The largest absolute Gasteiger partial charge is 0.508 e. The molecule has 0 aromatic heterocycles. The number of aryl methyl sites for hydroxylation is 2. The monoisotopic (exact) mass is 212 g/mol. The molecule has 1 unspecified atom stereocenters. The lowest BCUT2D eigenvalue weighted by Gasteiger charge is -2.16. The number of rotatable bonds is 3. The smallest absolute Gasteiger partial charge is 0.116 e. The Morgan fingerprint density at radius 2 is 1.79 bits per heavy atom. The van der Waals surface area contributed by atoms with Gasteiger partial charge in [-0.05, 0) is 55.0 Å². The average molecular weight is 213 g/mol. The van der Waals surface area contributed by atoms with Gasteiger partial charge in [-0.3, -0.25) is 0 Å². The standard InChI is InChI=1S/C12H17ClO/c1-8(4-5-13)12-9(2)6-11(14)7-10(12)3/h6-8,14H,4-5H2,1-3H3. The molecule has 0 saturated carbocycles. The van der Waals surface area contributed by atoms with Gasteiger partial charge in [0.05, 0.1) is 0 Å². The number of hydrogen-bond donors (Lipinski definition) is 1. The Morgan fingerprint density at radius 3 is 2.21 bits per heavy atom. The first kappa shape index (κ1) is 11.4. The fraction of sp³-hybridized carbons (Fsp3) is 0.500. The number of alkyl halides is 1. The first-order valence-electron chi connectivity index (χ1n) is 4.92. The van der Waals surface area contributed by atoms with Gasteiger partial charge in [0.15, 0.2) is 0 Å². The highest BCUT2D eigenvalue weighted by Gasteiger charge is 2.11. The third-order valence-corrected chi connectivity index (χ3v) is 2.83. The molecule has 0 heterocycles. The van der Waals surface area contributed by atoms with Crippen molar-refractivity contribution in [1.29, 1.82) is 0 Å². The van der Waals surface area contributed by atoms with Crippen LogP contribution in [-0.4, -0.2) is 11.0 Å². The molecular weight excluding hydrogens is 196 g/mol. The molecule has 1 N–H and O–H groups in total. The molecule has 1 atom stereocenters. The zero-order valence-electron chi connectivity index (χ0n) is 8.97. The summed E-state index contributed by atoms with van der Waals surface area (Å²) in [5.74, 6) is 1.50. The molecule has 14 heavy (non-hydrogen) atoms. The Bertz CT molecular complexity index is 297. The lowest BCUT2D eigenvalue weighted by molar-refractivity contribution is 0.473. The molecule has 0 fully saturated rings. The number of phenolic OH excluding ortho intramolecular Hbond substituents is 1. The van der Waals surface area contributed by atoms with Crippen LogP contribution in [0.1, 0.15) is 36.0 Å². The summed E-state index contributed by atoms with van der Waals surface area (Å²) in [6, 6.07) is 3.63. The minimum atomic E-state index is 0.349. The van der Waals surface area contributed by atoms with Crippen molar-refractivity contribution in [2.24, 2.45) is 0 Å². The van der Waals surface area contributed by atoms with Crippen molar-refractivity contribution < 1.29 is 5.11 Å². The highest BCUT2D eigenvalue weighted by Crippen LogP contribution is 2.29. The van der Waals surface area contributed by atoms with Gasteiger partial charge in [0.2, 0.25) is 0 Å². The zero-order valence-corrected chi connectivity index (χ0v) is 9.73. The summed E-state index contributed by atoms with van der Waals surface area (Å²) in [4.78, 5) is 0. The summed E-state index contributed by atoms with van der Waals surface area (Å²) in [5, 5.41) is 9.40. The first-order valence-corrected chi connectivity index (χ1v) is 5.45. The lowest BCUT2D eigenvalue weighted by Crippen LogP contribution is -2.00. The van der Waals surface area contributed by atoms with Crippen molar-refractivity contribution in [3.05, 3.63) is 28.8 Å². The summed E-state index contributed by atoms with van der Waals surface area (Å²) < 4.78 is 0. The van der Waals surface area contributed by atoms with Crippen LogP contribution in [0.15, 0.2) is 12.1 Å². The predicted molar refractivity (Wildman–Crippen MR) is 61.3 cm³/mol. The van der Waals surface area contributed by atoms with Gasteiger partial charge >= 0.3 is 0 Å². The molecule has 0 aliphatic carbocycles. The van der Waals surface area contributed by atoms with E-state index < -0.39 is 0 Å². The normalized spacial score (nSPS) is 12.9. The van der Waals surface area contributed by atoms with Crippen molar-refractivity contribution in [2.75, 3.05) is 5.88 Å². The summed E-state index contributed by atoms with van der Waals surface area (Å²) in [5.41, 5.74) is 3.63. The minimum Gasteiger partial charge on any atom is -0.508 e. The molecule has 0 saturated heterocycles. The number of aromatic hydroxyl groups is 1. The Labute approximate surface area is 90.7 Å². The first-order chi connectivity index (χ1) is 6.56. The van der Waals surface area contributed by atoms with Gasteiger partial charge in [0, 0.05) is 5.88 Å². The van der Waals surface area contributed by atoms with Crippen molar-refractivity contribution in [1.82, 2.24) is 0 Å². The second-order valence-electron chi connectivity index (χ2n) is 3.87. The molecule has 0 radical (unpaired) electrons. The summed E-state index contributed by atoms with van der Waals surface area (Å²) in [6.07, 6.45) is 0.980. The number of phenols is 1. The molecule has 0 amide bonds. The highest BCUT2D eigenvalue weighted by atomic mass is 35.5. The molecule has 0 spiro atoms. The van der Waals surface area contributed by atoms with E-state index in [0.29, 0.717) is 17.5 Å². The Morgan fingerprint density at radius 1 is 1.29 bits per heavy atom. The van der Waals surface area contributed by atoms with Gasteiger partial charge < -0.3 is 5.11 Å². The number of hydrogen-bond acceptors (Lipinski definition) is 1. The second kappa shape index (κ2) is 4.70. The van der Waals surface area contributed by atoms with E-state index in [1.807, 2.05) is 26.0 Å². The third-order valence-electron chi connectivity index (χ3n) is 2.61. The molecule has 0 aliphatic heterocycles. The SMILES string of the molecule is Cc1cc(O)cc(C)c1C(C)CCCl. The quantitative estimate of drug-likeness (QED) is 0.757. The van der Waals surface area contributed by atoms with Gasteiger partial charge in [-0.25, -0.2) is 0 Å². The van der Waals surface area contributed by atoms with Crippen LogP contribution in [0.2, 0.25) is 0 Å². The molecule has 1 rings (SSSR count). The minimum absolute atomic E-state index is 0.349. The van der Waals surface area contributed by atoms with Crippen LogP contribution in [-0.2, 0) is 0 Å². The summed E-state index contributed by atoms with van der Waals surface area (Å²) in [6.45, 7) is 6.24. The Hall–Kier alpha value is -0.690. The van der Waals surface area contributed by atoms with E-state index >= 15 is 0 Å². The maximum Gasteiger partial charge on any atom is 0.116 e. The zero-order chi connectivity index (χ0) is 10.7. The highest BCUT2D eigenvalue weighted by molar-refractivity contribution is 6.17. The van der Waals surface area contributed by atoms with Crippen LogP contribution in [0, 0.1) is 13.8 Å². The second-order valence-corrected chi connectivity index (χ2v) is 4.25. The van der Waals surface area contributed by atoms with Crippen molar-refractivity contribution >= 4 is 11.6 Å². The predicted octanol–water partition coefficient (Wildman–Crippen LogP) is 3.74. The Kier molecular flexibility index (Phi) is 3.82. The molecule has 1 aromatic carbocycles. The van der Waals surface area contributed by atoms with Crippen molar-refractivity contribution in [2.45, 2.75) is 33.1 Å². The van der Waals surface area contributed by atoms with Crippen molar-refractivity contribution in [3.63, 3.8) is 0 Å². The van der Waals surface area contributed by atoms with Gasteiger partial charge in [-0.1, -0.05) is 6.92 Å². The molecular formula is C12H17ClO. The van der Waals surface area contributed by atoms with Crippen LogP contribution in [0.4, 0.5) is 0 Å². The van der Waals surface area contributed by atoms with E-state index in [2.05, 4.69) is 6.92 Å². The van der Waals surface area contributed by atoms with Crippen LogP contribution in [0.5, 0.6) is 5.75 Å². The van der Waals surface area contributed by atoms with E-state index in [0.717, 1.165) is 17.5 Å². The number of benzene rings is 1. The van der Waals surface area contributed by atoms with Gasteiger partial charge in [0.1, 0.15) is 5.75 Å². The average Bonchev–Trinajstić information content (AvgIpc) is 2.01. The maximum atomic E-state index is 9.40. The van der Waals surface area contributed by atoms with Gasteiger partial charge in [0.25, 0.3) is 0 Å². The maximum absolute atomic E-state index is 9.40. The number of halogens is 1. The molecule has 78 valence electrons. The van der Waals surface area contributed by atoms with E-state index in [1.165, 1.54) is 5.56 Å². The Balaban J connectivity index is 3.07. The summed E-state index contributed by atoms with van der Waals surface area (Å²) in [7, 11) is 0. The van der Waals surface area contributed by atoms with Gasteiger partial charge in [-0.15, -0.1) is 11.6 Å². The molecule has 1 aromatic rings. The van der Waals surface area contributed by atoms with Crippen molar-refractivity contribution in [3.8, 4) is 5.75 Å². The summed E-state index contributed by atoms with van der Waals surface area (Å²) >= 11 is 5.73. The molecule has 0 aliphatic rings. The molecule has 1 nitrogen and oxygen atoms in total. The van der Waals surface area contributed by atoms with Crippen LogP contribution in [0.3, 0.4) is 0 Å². The fourth-order valence-electron chi connectivity index (χ4n) is 2.04. The van der Waals surface area contributed by atoms with E-state index in [-0.39, 0.29) is 0 Å². The fourth-order valence-corrected chi connectivity index (χ4v) is 2.36. The van der Waals surface area contributed by atoms with E-state index in [9.17, 15) is 5.11 Å². The topological polar surface area (TPSA) is 20.2 Å². The molecule has 0 bridgehead atoms. The van der Waals surface area contributed by atoms with Crippen LogP contribution < -0.4 is 0 Å². The van der Waals surface area contributed by atoms with Crippen LogP contribution >= 0.6 is 11.6 Å². The van der Waals surface area contributed by atoms with E-state index in [4.69, 9.17) is 11.6 Å². The van der Waals surface area contributed by atoms with Crippen LogP contribution in [0.25, 0.3) is 0 Å². The lowest BCUT2D eigenvalue weighted by atomic mass is 9.90. The molecule has 2 heteroatoms. The van der Waals surface area contributed by atoms with Gasteiger partial charge in [-0.2, -0.15) is 0 Å². The third kappa shape index (κ3) is 2.42.